The second-order valence-electron chi connectivity index (χ2n) is 6.60. The van der Waals surface area contributed by atoms with Crippen LogP contribution < -0.4 is 10.5 Å². The molecule has 0 aliphatic heterocycles. The molecule has 7 nitrogen and oxygen atoms in total. The molecule has 0 fully saturated rings. The number of aryl methyl sites for hydroxylation is 1. The van der Waals surface area contributed by atoms with Gasteiger partial charge in [0.1, 0.15) is 16.9 Å². The molecule has 2 aromatic carbocycles. The van der Waals surface area contributed by atoms with E-state index in [-0.39, 0.29) is 6.54 Å². The van der Waals surface area contributed by atoms with Gasteiger partial charge in [0.2, 0.25) is 5.88 Å². The molecule has 8 heteroatoms. The number of aliphatic hydroxyl groups is 1. The zero-order valence-electron chi connectivity index (χ0n) is 16.2. The molecule has 0 spiro atoms. The van der Waals surface area contributed by atoms with Crippen LogP contribution in [0.15, 0.2) is 60.8 Å². The van der Waals surface area contributed by atoms with Gasteiger partial charge in [0.15, 0.2) is 0 Å². The van der Waals surface area contributed by atoms with E-state index in [1.165, 1.54) is 11.3 Å². The highest BCUT2D eigenvalue weighted by Crippen LogP contribution is 2.38. The first-order valence-corrected chi connectivity index (χ1v) is 10.1. The van der Waals surface area contributed by atoms with Crippen molar-refractivity contribution in [3.8, 4) is 39.5 Å². The van der Waals surface area contributed by atoms with Crippen molar-refractivity contribution >= 4 is 11.3 Å². The van der Waals surface area contributed by atoms with E-state index in [1.54, 1.807) is 36.1 Å². The van der Waals surface area contributed by atoms with E-state index < -0.39 is 6.10 Å². The van der Waals surface area contributed by atoms with Crippen LogP contribution in [0.3, 0.4) is 0 Å². The van der Waals surface area contributed by atoms with Crippen LogP contribution in [0.5, 0.6) is 11.6 Å². The molecule has 2 heterocycles. The number of thiazole rings is 1. The zero-order chi connectivity index (χ0) is 21.1. The van der Waals surface area contributed by atoms with Gasteiger partial charge in [0.05, 0.1) is 27.8 Å². The number of aromatic nitrogens is 3. The highest BCUT2D eigenvalue weighted by molar-refractivity contribution is 7.15. The molecule has 0 amide bonds. The summed E-state index contributed by atoms with van der Waals surface area (Å²) in [6.07, 6.45) is 0.849. The lowest BCUT2D eigenvalue weighted by atomic mass is 10.1. The Morgan fingerprint density at radius 3 is 2.77 bits per heavy atom. The van der Waals surface area contributed by atoms with Gasteiger partial charge >= 0.3 is 0 Å². The number of rotatable bonds is 6. The van der Waals surface area contributed by atoms with Gasteiger partial charge in [-0.2, -0.15) is 10.4 Å². The largest absolute Gasteiger partial charge is 0.439 e. The fourth-order valence-corrected chi connectivity index (χ4v) is 3.89. The summed E-state index contributed by atoms with van der Waals surface area (Å²) in [6.45, 7) is 0.121. The second-order valence-corrected chi connectivity index (χ2v) is 7.66. The van der Waals surface area contributed by atoms with E-state index in [9.17, 15) is 10.4 Å². The molecule has 1 atom stereocenters. The highest BCUT2D eigenvalue weighted by atomic mass is 32.1. The van der Waals surface area contributed by atoms with E-state index >= 15 is 0 Å². The fourth-order valence-electron chi connectivity index (χ4n) is 2.94. The first-order valence-electron chi connectivity index (χ1n) is 9.24. The number of nitrogens with two attached hydrogens (primary N) is 1. The molecule has 4 aromatic rings. The predicted octanol–water partition coefficient (Wildman–Crippen LogP) is 3.87. The molecule has 0 radical (unpaired) electrons. The van der Waals surface area contributed by atoms with Crippen LogP contribution in [-0.4, -0.2) is 26.4 Å². The van der Waals surface area contributed by atoms with Gasteiger partial charge in [0, 0.05) is 31.4 Å². The number of nitriles is 1. The van der Waals surface area contributed by atoms with E-state index in [2.05, 4.69) is 16.2 Å². The molecule has 0 saturated heterocycles. The zero-order valence-corrected chi connectivity index (χ0v) is 17.0. The van der Waals surface area contributed by atoms with Crippen LogP contribution in [0.4, 0.5) is 0 Å². The van der Waals surface area contributed by atoms with Crippen LogP contribution in [0, 0.1) is 11.3 Å². The van der Waals surface area contributed by atoms with E-state index in [0.29, 0.717) is 27.1 Å². The lowest BCUT2D eigenvalue weighted by Gasteiger charge is -2.10. The number of hydrogen-bond acceptors (Lipinski definition) is 7. The fraction of sp³-hybridized carbons (Fsp3) is 0.136. The Morgan fingerprint density at radius 1 is 1.23 bits per heavy atom. The molecule has 0 aliphatic carbocycles. The Hall–Kier alpha value is -3.51. The smallest absolute Gasteiger partial charge is 0.218 e. The summed E-state index contributed by atoms with van der Waals surface area (Å²) in [5.41, 5.74) is 8.50. The van der Waals surface area contributed by atoms with Crippen molar-refractivity contribution < 1.29 is 9.84 Å². The van der Waals surface area contributed by atoms with Crippen molar-refractivity contribution in [1.82, 2.24) is 14.8 Å². The van der Waals surface area contributed by atoms with Crippen LogP contribution in [0.1, 0.15) is 16.5 Å². The molecule has 0 aliphatic rings. The van der Waals surface area contributed by atoms with E-state index in [4.69, 9.17) is 10.5 Å². The highest BCUT2D eigenvalue weighted by Gasteiger charge is 2.17. The van der Waals surface area contributed by atoms with E-state index in [1.807, 2.05) is 36.4 Å². The Kier molecular flexibility index (Phi) is 5.59. The first-order chi connectivity index (χ1) is 14.6. The lowest BCUT2D eigenvalue weighted by Crippen LogP contribution is -2.09. The minimum atomic E-state index is -0.760. The Morgan fingerprint density at radius 2 is 2.03 bits per heavy atom. The monoisotopic (exact) mass is 417 g/mol. The molecule has 150 valence electrons. The number of benzene rings is 2. The Bertz CT molecular complexity index is 1210. The average Bonchev–Trinajstić information content (AvgIpc) is 3.41. The van der Waals surface area contributed by atoms with Gasteiger partial charge < -0.3 is 15.6 Å². The van der Waals surface area contributed by atoms with Gasteiger partial charge in [-0.05, 0) is 18.2 Å². The summed E-state index contributed by atoms with van der Waals surface area (Å²) in [6, 6.07) is 19.0. The Labute approximate surface area is 177 Å². The maximum Gasteiger partial charge on any atom is 0.218 e. The molecular formula is C22H19N5O2S. The quantitative estimate of drug-likeness (QED) is 0.493. The first kappa shape index (κ1) is 19.8. The number of aliphatic hydroxyl groups excluding tert-OH is 1. The van der Waals surface area contributed by atoms with Crippen molar-refractivity contribution in [3.63, 3.8) is 0 Å². The lowest BCUT2D eigenvalue weighted by molar-refractivity contribution is 0.190. The van der Waals surface area contributed by atoms with Gasteiger partial charge in [-0.15, -0.1) is 11.3 Å². The maximum atomic E-state index is 9.98. The molecule has 0 saturated carbocycles. The molecule has 30 heavy (non-hydrogen) atoms. The minimum Gasteiger partial charge on any atom is -0.439 e. The van der Waals surface area contributed by atoms with Gasteiger partial charge in [-0.25, -0.2) is 9.67 Å². The summed E-state index contributed by atoms with van der Waals surface area (Å²) in [7, 11) is 1.80. The number of ether oxygens (including phenoxy) is 1. The topological polar surface area (TPSA) is 110 Å². The average molecular weight is 417 g/mol. The summed E-state index contributed by atoms with van der Waals surface area (Å²) >= 11 is 1.34. The molecule has 3 N–H and O–H groups in total. The van der Waals surface area contributed by atoms with Crippen LogP contribution >= 0.6 is 11.3 Å². The van der Waals surface area contributed by atoms with Gasteiger partial charge in [-0.1, -0.05) is 30.3 Å². The van der Waals surface area contributed by atoms with Crippen molar-refractivity contribution in [3.05, 3.63) is 71.2 Å². The van der Waals surface area contributed by atoms with Gasteiger partial charge in [0.25, 0.3) is 0 Å². The van der Waals surface area contributed by atoms with Crippen LogP contribution in [-0.2, 0) is 7.05 Å². The summed E-state index contributed by atoms with van der Waals surface area (Å²) in [5, 5.41) is 24.5. The molecule has 1 unspecified atom stereocenters. The van der Waals surface area contributed by atoms with Crippen LogP contribution in [0.25, 0.3) is 21.8 Å². The van der Waals surface area contributed by atoms with Crippen molar-refractivity contribution in [2.24, 2.45) is 12.8 Å². The van der Waals surface area contributed by atoms with Crippen molar-refractivity contribution in [2.45, 2.75) is 6.10 Å². The Balaban J connectivity index is 1.72. The van der Waals surface area contributed by atoms with Crippen molar-refractivity contribution in [1.29, 1.82) is 5.26 Å². The summed E-state index contributed by atoms with van der Waals surface area (Å²) in [4.78, 5) is 5.08. The molecular weight excluding hydrogens is 398 g/mol. The molecule has 4 rings (SSSR count). The standard InChI is InChI=1S/C22H19N5O2S/c1-27-21(10-17(26-27)15-5-3-2-4-6-15)29-19-9-14(11-23)7-8-16(19)22-25-13-20(30-22)18(28)12-24/h2-10,13,18,28H,12,24H2,1H3. The number of nitrogens with zero attached hydrogens (tertiary/aromatic N) is 4. The summed E-state index contributed by atoms with van der Waals surface area (Å²) in [5.74, 6) is 1.02. The second kappa shape index (κ2) is 8.47. The SMILES string of the molecule is Cn1nc(-c2ccccc2)cc1Oc1cc(C#N)ccc1-c1ncc(C(O)CN)s1. The molecule has 0 bridgehead atoms. The molecule has 2 aromatic heterocycles. The minimum absolute atomic E-state index is 0.121. The predicted molar refractivity (Wildman–Crippen MR) is 115 cm³/mol. The van der Waals surface area contributed by atoms with Crippen LogP contribution in [0.2, 0.25) is 0 Å². The normalized spacial score (nSPS) is 11.8. The van der Waals surface area contributed by atoms with Gasteiger partial charge in [-0.3, -0.25) is 0 Å². The summed E-state index contributed by atoms with van der Waals surface area (Å²) < 4.78 is 7.81. The number of hydrogen-bond donors (Lipinski definition) is 2. The van der Waals surface area contributed by atoms with Crippen molar-refractivity contribution in [2.75, 3.05) is 6.54 Å². The third kappa shape index (κ3) is 3.95. The van der Waals surface area contributed by atoms with E-state index in [0.717, 1.165) is 16.8 Å². The maximum absolute atomic E-state index is 9.98. The third-order valence-corrected chi connectivity index (χ3v) is 5.67. The third-order valence-electron chi connectivity index (χ3n) is 4.54.